The molecule has 0 fully saturated rings. The fraction of sp³-hybridized carbons (Fsp3) is 0.462. The minimum atomic E-state index is -0.909. The van der Waals surface area contributed by atoms with Gasteiger partial charge < -0.3 is 4.74 Å². The smallest absolute Gasteiger partial charge is 0.118 e. The largest absolute Gasteiger partial charge is 0.497 e. The van der Waals surface area contributed by atoms with Crippen molar-refractivity contribution >= 4 is 8.07 Å². The highest BCUT2D eigenvalue weighted by Gasteiger charge is 2.11. The summed E-state index contributed by atoms with van der Waals surface area (Å²) in [5.74, 6) is 0.934. The summed E-state index contributed by atoms with van der Waals surface area (Å²) in [6.45, 7) is 7.20. The van der Waals surface area contributed by atoms with Gasteiger partial charge in [0.15, 0.2) is 0 Å². The predicted octanol–water partition coefficient (Wildman–Crippen LogP) is 3.78. The van der Waals surface area contributed by atoms with Crippen LogP contribution in [0.2, 0.25) is 25.7 Å². The van der Waals surface area contributed by atoms with Crippen LogP contribution in [-0.4, -0.2) is 15.2 Å². The van der Waals surface area contributed by atoms with Gasteiger partial charge in [-0.15, -0.1) is 0 Å². The van der Waals surface area contributed by atoms with Gasteiger partial charge in [0.1, 0.15) is 5.75 Å². The highest BCUT2D eigenvalue weighted by molar-refractivity contribution is 6.76. The first-order chi connectivity index (χ1) is 7.01. The van der Waals surface area contributed by atoms with E-state index in [0.717, 1.165) is 12.2 Å². The van der Waals surface area contributed by atoms with Crippen molar-refractivity contribution in [3.8, 4) is 5.75 Å². The van der Waals surface area contributed by atoms with Crippen LogP contribution in [0.15, 0.2) is 24.3 Å². The van der Waals surface area contributed by atoms with Crippen LogP contribution < -0.4 is 4.74 Å². The maximum absolute atomic E-state index is 5.12. The van der Waals surface area contributed by atoms with Crippen molar-refractivity contribution in [3.63, 3.8) is 0 Å². The maximum Gasteiger partial charge on any atom is 0.118 e. The van der Waals surface area contributed by atoms with Gasteiger partial charge in [-0.1, -0.05) is 37.8 Å². The third-order valence-corrected chi connectivity index (χ3v) is 3.81. The Kier molecular flexibility index (Phi) is 4.39. The zero-order valence-electron chi connectivity index (χ0n) is 10.2. The molecule has 1 nitrogen and oxygen atoms in total. The van der Waals surface area contributed by atoms with Crippen LogP contribution in [0.3, 0.4) is 0 Å². The molecule has 1 aromatic rings. The SMILES string of the molecule is COc1ccc(C[CH]C[Si](C)(C)C)cc1. The zero-order valence-corrected chi connectivity index (χ0v) is 11.2. The Balaban J connectivity index is 2.38. The molecule has 15 heavy (non-hydrogen) atoms. The molecular formula is C13H21OSi. The lowest BCUT2D eigenvalue weighted by Gasteiger charge is -2.14. The molecule has 83 valence electrons. The van der Waals surface area contributed by atoms with Crippen molar-refractivity contribution < 1.29 is 4.74 Å². The Morgan fingerprint density at radius 1 is 1.13 bits per heavy atom. The first-order valence-electron chi connectivity index (χ1n) is 5.46. The molecule has 0 N–H and O–H groups in total. The van der Waals surface area contributed by atoms with Gasteiger partial charge in [0, 0.05) is 8.07 Å². The standard InChI is InChI=1S/C13H21OSi/c1-14-13-9-7-12(8-10-13)6-5-11-15(2,3)4/h5,7-10H,6,11H2,1-4H3. The van der Waals surface area contributed by atoms with Gasteiger partial charge in [0.25, 0.3) is 0 Å². The van der Waals surface area contributed by atoms with Crippen LogP contribution >= 0.6 is 0 Å². The van der Waals surface area contributed by atoms with Gasteiger partial charge in [-0.05, 0) is 30.5 Å². The Bertz CT molecular complexity index is 284. The van der Waals surface area contributed by atoms with E-state index in [0.29, 0.717) is 0 Å². The topological polar surface area (TPSA) is 9.23 Å². The Morgan fingerprint density at radius 3 is 2.20 bits per heavy atom. The van der Waals surface area contributed by atoms with Gasteiger partial charge in [-0.25, -0.2) is 0 Å². The molecular weight excluding hydrogens is 200 g/mol. The molecule has 0 aliphatic heterocycles. The van der Waals surface area contributed by atoms with Crippen LogP contribution in [-0.2, 0) is 6.42 Å². The van der Waals surface area contributed by atoms with Crippen molar-refractivity contribution in [2.45, 2.75) is 32.1 Å². The molecule has 0 saturated carbocycles. The molecule has 0 unspecified atom stereocenters. The summed E-state index contributed by atoms with van der Waals surface area (Å²) in [7, 11) is 0.792. The average Bonchev–Trinajstić information content (AvgIpc) is 2.17. The molecule has 0 bridgehead atoms. The van der Waals surface area contributed by atoms with Crippen molar-refractivity contribution in [2.75, 3.05) is 7.11 Å². The third-order valence-electron chi connectivity index (χ3n) is 2.30. The van der Waals surface area contributed by atoms with Gasteiger partial charge >= 0.3 is 0 Å². The monoisotopic (exact) mass is 221 g/mol. The molecule has 0 spiro atoms. The highest BCUT2D eigenvalue weighted by Crippen LogP contribution is 2.16. The van der Waals surface area contributed by atoms with Crippen LogP contribution in [0.25, 0.3) is 0 Å². The zero-order chi connectivity index (χ0) is 11.3. The molecule has 1 radical (unpaired) electrons. The molecule has 0 atom stereocenters. The van der Waals surface area contributed by atoms with Gasteiger partial charge in [-0.2, -0.15) is 0 Å². The van der Waals surface area contributed by atoms with E-state index in [1.165, 1.54) is 11.6 Å². The second-order valence-electron chi connectivity index (χ2n) is 5.11. The summed E-state index contributed by atoms with van der Waals surface area (Å²) in [4.78, 5) is 0. The minimum Gasteiger partial charge on any atom is -0.497 e. The van der Waals surface area contributed by atoms with E-state index < -0.39 is 8.07 Å². The Morgan fingerprint density at radius 2 is 1.73 bits per heavy atom. The first-order valence-corrected chi connectivity index (χ1v) is 9.16. The molecule has 0 amide bonds. The molecule has 0 aliphatic rings. The van der Waals surface area contributed by atoms with Crippen LogP contribution in [0, 0.1) is 6.42 Å². The number of hydrogen-bond acceptors (Lipinski definition) is 1. The van der Waals surface area contributed by atoms with Crippen molar-refractivity contribution in [3.05, 3.63) is 36.2 Å². The number of rotatable bonds is 5. The van der Waals surface area contributed by atoms with E-state index in [1.807, 2.05) is 12.1 Å². The summed E-state index contributed by atoms with van der Waals surface area (Å²) in [5, 5.41) is 0. The number of methoxy groups -OCH3 is 1. The Labute approximate surface area is 94.5 Å². The number of ether oxygens (including phenoxy) is 1. The summed E-state index contributed by atoms with van der Waals surface area (Å²) in [6, 6.07) is 9.62. The van der Waals surface area contributed by atoms with Crippen molar-refractivity contribution in [1.29, 1.82) is 0 Å². The highest BCUT2D eigenvalue weighted by atomic mass is 28.3. The lowest BCUT2D eigenvalue weighted by molar-refractivity contribution is 0.414. The second kappa shape index (κ2) is 5.36. The lowest BCUT2D eigenvalue weighted by Crippen LogP contribution is -2.19. The van der Waals surface area contributed by atoms with Crippen molar-refractivity contribution in [2.24, 2.45) is 0 Å². The van der Waals surface area contributed by atoms with Crippen LogP contribution in [0.1, 0.15) is 5.56 Å². The van der Waals surface area contributed by atoms with E-state index in [4.69, 9.17) is 4.74 Å². The fourth-order valence-electron chi connectivity index (χ4n) is 1.43. The van der Waals surface area contributed by atoms with Gasteiger partial charge in [0.05, 0.1) is 7.11 Å². The first kappa shape index (κ1) is 12.3. The van der Waals surface area contributed by atoms with Crippen LogP contribution in [0.4, 0.5) is 0 Å². The minimum absolute atomic E-state index is 0.909. The van der Waals surface area contributed by atoms with E-state index in [1.54, 1.807) is 7.11 Å². The van der Waals surface area contributed by atoms with Gasteiger partial charge in [-0.3, -0.25) is 0 Å². The lowest BCUT2D eigenvalue weighted by atomic mass is 10.1. The molecule has 0 saturated heterocycles. The van der Waals surface area contributed by atoms with E-state index in [2.05, 4.69) is 38.2 Å². The average molecular weight is 221 g/mol. The van der Waals surface area contributed by atoms with E-state index >= 15 is 0 Å². The summed E-state index contributed by atoms with van der Waals surface area (Å²) in [5.41, 5.74) is 1.37. The molecule has 0 aliphatic carbocycles. The second-order valence-corrected chi connectivity index (χ2v) is 10.6. The quantitative estimate of drug-likeness (QED) is 0.688. The van der Waals surface area contributed by atoms with Crippen LogP contribution in [0.5, 0.6) is 5.75 Å². The predicted molar refractivity (Wildman–Crippen MR) is 69.2 cm³/mol. The molecule has 1 aromatic carbocycles. The van der Waals surface area contributed by atoms with E-state index in [-0.39, 0.29) is 0 Å². The molecule has 2 heteroatoms. The van der Waals surface area contributed by atoms with Gasteiger partial charge in [0.2, 0.25) is 0 Å². The molecule has 0 heterocycles. The third kappa shape index (κ3) is 5.03. The molecule has 0 aromatic heterocycles. The molecule has 1 rings (SSSR count). The summed E-state index contributed by atoms with van der Waals surface area (Å²) < 4.78 is 5.12. The van der Waals surface area contributed by atoms with Crippen molar-refractivity contribution in [1.82, 2.24) is 0 Å². The number of benzene rings is 1. The summed E-state index contributed by atoms with van der Waals surface area (Å²) in [6.07, 6.45) is 3.49. The Hall–Kier alpha value is -0.763. The van der Waals surface area contributed by atoms with E-state index in [9.17, 15) is 0 Å². The number of hydrogen-bond donors (Lipinski definition) is 0. The fourth-order valence-corrected chi connectivity index (χ4v) is 2.44. The summed E-state index contributed by atoms with van der Waals surface area (Å²) >= 11 is 0. The normalized spacial score (nSPS) is 11.5. The maximum atomic E-state index is 5.12.